The molecule has 0 aliphatic carbocycles. The summed E-state index contributed by atoms with van der Waals surface area (Å²) in [5, 5.41) is 0. The highest BCUT2D eigenvalue weighted by Crippen LogP contribution is 2.35. The first-order valence-electron chi connectivity index (χ1n) is 7.25. The number of aryl methyl sites for hydroxylation is 3. The summed E-state index contributed by atoms with van der Waals surface area (Å²) in [5.41, 5.74) is 15.2. The van der Waals surface area contributed by atoms with Crippen LogP contribution in [-0.4, -0.2) is 6.54 Å². The molecule has 0 bridgehead atoms. The summed E-state index contributed by atoms with van der Waals surface area (Å²) in [6, 6.07) is 10.8. The van der Waals surface area contributed by atoms with Crippen molar-refractivity contribution < 1.29 is 0 Å². The van der Waals surface area contributed by atoms with Crippen molar-refractivity contribution in [2.75, 3.05) is 17.2 Å². The Kier molecular flexibility index (Phi) is 3.17. The summed E-state index contributed by atoms with van der Waals surface area (Å²) in [6.07, 6.45) is 1.10. The maximum atomic E-state index is 6.17. The minimum atomic E-state index is 0.905. The largest absolute Gasteiger partial charge is 0.397 e. The van der Waals surface area contributed by atoms with Gasteiger partial charge in [-0.25, -0.2) is 0 Å². The Morgan fingerprint density at radius 2 is 1.80 bits per heavy atom. The van der Waals surface area contributed by atoms with Crippen molar-refractivity contribution in [3.63, 3.8) is 0 Å². The van der Waals surface area contributed by atoms with Gasteiger partial charge >= 0.3 is 0 Å². The fraction of sp³-hybridized carbons (Fsp3) is 0.333. The number of nitrogen functional groups attached to an aromatic ring is 1. The Morgan fingerprint density at radius 1 is 1.10 bits per heavy atom. The predicted octanol–water partition coefficient (Wildman–Crippen LogP) is 3.76. The number of nitrogens with two attached hydrogens (primary N) is 1. The molecular weight excluding hydrogens is 244 g/mol. The summed E-state index contributed by atoms with van der Waals surface area (Å²) in [6.45, 7) is 8.60. The summed E-state index contributed by atoms with van der Waals surface area (Å²) in [5.74, 6) is 0. The van der Waals surface area contributed by atoms with Crippen LogP contribution in [0.1, 0.15) is 27.8 Å². The molecule has 1 heterocycles. The SMILES string of the molecule is Cc1cc(C)c(CN2CCc3cccc(N)c32)c(C)c1. The first kappa shape index (κ1) is 13.0. The molecule has 2 N–H and O–H groups in total. The van der Waals surface area contributed by atoms with Gasteiger partial charge < -0.3 is 10.6 Å². The number of anilines is 2. The molecule has 1 aliphatic rings. The van der Waals surface area contributed by atoms with Crippen LogP contribution >= 0.6 is 0 Å². The fourth-order valence-electron chi connectivity index (χ4n) is 3.37. The first-order chi connectivity index (χ1) is 9.56. The topological polar surface area (TPSA) is 29.3 Å². The van der Waals surface area contributed by atoms with E-state index in [0.717, 1.165) is 25.2 Å². The van der Waals surface area contributed by atoms with E-state index in [9.17, 15) is 0 Å². The molecule has 0 saturated carbocycles. The van der Waals surface area contributed by atoms with E-state index >= 15 is 0 Å². The van der Waals surface area contributed by atoms with Crippen molar-refractivity contribution in [1.82, 2.24) is 0 Å². The molecule has 2 nitrogen and oxygen atoms in total. The highest BCUT2D eigenvalue weighted by molar-refractivity contribution is 5.74. The second kappa shape index (κ2) is 4.86. The lowest BCUT2D eigenvalue weighted by Gasteiger charge is -2.23. The van der Waals surface area contributed by atoms with Crippen molar-refractivity contribution in [1.29, 1.82) is 0 Å². The van der Waals surface area contributed by atoms with E-state index in [2.05, 4.69) is 49.9 Å². The van der Waals surface area contributed by atoms with Crippen LogP contribution in [0.5, 0.6) is 0 Å². The van der Waals surface area contributed by atoms with Crippen LogP contribution < -0.4 is 10.6 Å². The van der Waals surface area contributed by atoms with Gasteiger partial charge in [0.2, 0.25) is 0 Å². The molecule has 104 valence electrons. The standard InChI is InChI=1S/C18H22N2/c1-12-9-13(2)16(14(3)10-12)11-20-8-7-15-5-4-6-17(19)18(15)20/h4-6,9-10H,7-8,11,19H2,1-3H3. The Labute approximate surface area is 121 Å². The van der Waals surface area contributed by atoms with Gasteiger partial charge in [0, 0.05) is 13.1 Å². The lowest BCUT2D eigenvalue weighted by molar-refractivity contribution is 0.827. The second-order valence-corrected chi connectivity index (χ2v) is 5.90. The molecule has 0 unspecified atom stereocenters. The Balaban J connectivity index is 1.96. The van der Waals surface area contributed by atoms with E-state index in [0.29, 0.717) is 0 Å². The molecule has 1 aliphatic heterocycles. The number of rotatable bonds is 2. The first-order valence-corrected chi connectivity index (χ1v) is 7.25. The smallest absolute Gasteiger partial charge is 0.0636 e. The zero-order valence-corrected chi connectivity index (χ0v) is 12.5. The summed E-state index contributed by atoms with van der Waals surface area (Å²) in [4.78, 5) is 2.43. The number of para-hydroxylation sites is 1. The van der Waals surface area contributed by atoms with Gasteiger partial charge in [-0.15, -0.1) is 0 Å². The van der Waals surface area contributed by atoms with Crippen molar-refractivity contribution in [2.45, 2.75) is 33.7 Å². The quantitative estimate of drug-likeness (QED) is 0.839. The van der Waals surface area contributed by atoms with Crippen LogP contribution in [0.2, 0.25) is 0 Å². The Morgan fingerprint density at radius 3 is 2.50 bits per heavy atom. The van der Waals surface area contributed by atoms with E-state index in [1.54, 1.807) is 0 Å². The number of fused-ring (bicyclic) bond motifs is 1. The Bertz CT molecular complexity index is 635. The molecule has 2 aromatic carbocycles. The number of hydrogen-bond acceptors (Lipinski definition) is 2. The Hall–Kier alpha value is -1.96. The molecule has 3 rings (SSSR count). The van der Waals surface area contributed by atoms with Gasteiger partial charge in [0.05, 0.1) is 11.4 Å². The average Bonchev–Trinajstić information content (AvgIpc) is 2.78. The van der Waals surface area contributed by atoms with Gasteiger partial charge in [0.25, 0.3) is 0 Å². The minimum Gasteiger partial charge on any atom is -0.397 e. The second-order valence-electron chi connectivity index (χ2n) is 5.90. The highest BCUT2D eigenvalue weighted by Gasteiger charge is 2.22. The zero-order chi connectivity index (χ0) is 14.3. The van der Waals surface area contributed by atoms with Crippen LogP contribution in [0.3, 0.4) is 0 Å². The molecule has 0 radical (unpaired) electrons. The molecule has 20 heavy (non-hydrogen) atoms. The molecule has 0 spiro atoms. The van der Waals surface area contributed by atoms with Gasteiger partial charge in [-0.1, -0.05) is 29.8 Å². The third-order valence-electron chi connectivity index (χ3n) is 4.31. The van der Waals surface area contributed by atoms with E-state index in [-0.39, 0.29) is 0 Å². The predicted molar refractivity (Wildman–Crippen MR) is 86.3 cm³/mol. The maximum Gasteiger partial charge on any atom is 0.0636 e. The molecule has 0 fully saturated rings. The van der Waals surface area contributed by atoms with Crippen LogP contribution in [0.15, 0.2) is 30.3 Å². The zero-order valence-electron chi connectivity index (χ0n) is 12.5. The summed E-state index contributed by atoms with van der Waals surface area (Å²) < 4.78 is 0. The molecule has 2 heteroatoms. The molecule has 2 aromatic rings. The monoisotopic (exact) mass is 266 g/mol. The molecule has 0 aromatic heterocycles. The lowest BCUT2D eigenvalue weighted by Crippen LogP contribution is -2.21. The van der Waals surface area contributed by atoms with Gasteiger partial charge in [0.1, 0.15) is 0 Å². The third kappa shape index (κ3) is 2.15. The van der Waals surface area contributed by atoms with Crippen LogP contribution in [0, 0.1) is 20.8 Å². The van der Waals surface area contributed by atoms with Crippen molar-refractivity contribution in [3.8, 4) is 0 Å². The van der Waals surface area contributed by atoms with Gasteiger partial charge in [-0.3, -0.25) is 0 Å². The van der Waals surface area contributed by atoms with Gasteiger partial charge in [-0.2, -0.15) is 0 Å². The molecule has 0 saturated heterocycles. The van der Waals surface area contributed by atoms with E-state index in [1.807, 2.05) is 6.07 Å². The van der Waals surface area contributed by atoms with Crippen molar-refractivity contribution >= 4 is 11.4 Å². The van der Waals surface area contributed by atoms with E-state index < -0.39 is 0 Å². The number of nitrogens with zero attached hydrogens (tertiary/aromatic N) is 1. The number of benzene rings is 2. The third-order valence-corrected chi connectivity index (χ3v) is 4.31. The molecule has 0 amide bonds. The van der Waals surface area contributed by atoms with Gasteiger partial charge in [0.15, 0.2) is 0 Å². The highest BCUT2D eigenvalue weighted by atomic mass is 15.2. The van der Waals surface area contributed by atoms with E-state index in [4.69, 9.17) is 5.73 Å². The maximum absolute atomic E-state index is 6.17. The van der Waals surface area contributed by atoms with E-state index in [1.165, 1.54) is 33.5 Å². The normalized spacial score (nSPS) is 13.7. The van der Waals surface area contributed by atoms with Crippen LogP contribution in [0.4, 0.5) is 11.4 Å². The molecular formula is C18H22N2. The minimum absolute atomic E-state index is 0.905. The van der Waals surface area contributed by atoms with Crippen molar-refractivity contribution in [3.05, 3.63) is 58.1 Å². The average molecular weight is 266 g/mol. The van der Waals surface area contributed by atoms with Gasteiger partial charge in [-0.05, 0) is 55.5 Å². The van der Waals surface area contributed by atoms with Crippen LogP contribution in [-0.2, 0) is 13.0 Å². The van der Waals surface area contributed by atoms with Crippen LogP contribution in [0.25, 0.3) is 0 Å². The van der Waals surface area contributed by atoms with Crippen molar-refractivity contribution in [2.24, 2.45) is 0 Å². The lowest BCUT2D eigenvalue weighted by atomic mass is 9.99. The number of hydrogen-bond donors (Lipinski definition) is 1. The summed E-state index contributed by atoms with van der Waals surface area (Å²) >= 11 is 0. The molecule has 0 atom stereocenters. The summed E-state index contributed by atoms with van der Waals surface area (Å²) in [7, 11) is 0. The fourth-order valence-corrected chi connectivity index (χ4v) is 3.37.